The lowest BCUT2D eigenvalue weighted by atomic mass is 10.0. The lowest BCUT2D eigenvalue weighted by molar-refractivity contribution is -0.120. The molecule has 1 heterocycles. The number of nitrogens with two attached hydrogens (primary N) is 1. The normalized spacial score (nSPS) is 12.0. The molecule has 0 saturated heterocycles. The second kappa shape index (κ2) is 6.57. The number of anilines is 1. The van der Waals surface area contributed by atoms with Gasteiger partial charge in [-0.3, -0.25) is 10.1 Å². The molecule has 3 amide bonds. The summed E-state index contributed by atoms with van der Waals surface area (Å²) in [5.41, 5.74) is 5.88. The monoisotopic (exact) mass is 313 g/mol. The summed E-state index contributed by atoms with van der Waals surface area (Å²) in [6, 6.07) is -1.48. The number of carbonyl (C=O) groups excluding carboxylic acids is 2. The fourth-order valence-corrected chi connectivity index (χ4v) is 2.87. The third-order valence-electron chi connectivity index (χ3n) is 3.09. The van der Waals surface area contributed by atoms with Gasteiger partial charge >= 0.3 is 12.0 Å². The Balaban J connectivity index is 2.92. The molecule has 116 valence electrons. The van der Waals surface area contributed by atoms with Gasteiger partial charge in [-0.15, -0.1) is 11.3 Å². The highest BCUT2D eigenvalue weighted by atomic mass is 32.1. The lowest BCUT2D eigenvalue weighted by Gasteiger charge is -2.19. The third kappa shape index (κ3) is 3.94. The summed E-state index contributed by atoms with van der Waals surface area (Å²) in [4.78, 5) is 35.2. The number of aromatic carboxylic acids is 1. The molecule has 0 aromatic carbocycles. The Morgan fingerprint density at radius 3 is 2.24 bits per heavy atom. The topological polar surface area (TPSA) is 122 Å². The Morgan fingerprint density at radius 1 is 1.24 bits per heavy atom. The molecule has 7 nitrogen and oxygen atoms in total. The highest BCUT2D eigenvalue weighted by Gasteiger charge is 2.24. The van der Waals surface area contributed by atoms with Gasteiger partial charge in [-0.2, -0.15) is 0 Å². The molecular formula is C13H19N3O4S. The number of aryl methyl sites for hydroxylation is 1. The van der Waals surface area contributed by atoms with Crippen LogP contribution in [0.3, 0.4) is 0 Å². The molecule has 1 atom stereocenters. The Hall–Kier alpha value is -2.09. The number of carbonyl (C=O) groups is 3. The number of thiophene rings is 1. The van der Waals surface area contributed by atoms with Crippen LogP contribution in [0.2, 0.25) is 0 Å². The van der Waals surface area contributed by atoms with Gasteiger partial charge in [0.05, 0.1) is 5.56 Å². The smallest absolute Gasteiger partial charge is 0.338 e. The number of hydrogen-bond donors (Lipinski definition) is 4. The fourth-order valence-electron chi connectivity index (χ4n) is 1.82. The minimum atomic E-state index is -1.11. The van der Waals surface area contributed by atoms with E-state index in [4.69, 9.17) is 5.73 Å². The van der Waals surface area contributed by atoms with Crippen molar-refractivity contribution in [1.29, 1.82) is 0 Å². The maximum Gasteiger partial charge on any atom is 0.338 e. The highest BCUT2D eigenvalue weighted by Crippen LogP contribution is 2.32. The molecule has 0 radical (unpaired) electrons. The summed E-state index contributed by atoms with van der Waals surface area (Å²) in [6.07, 6.45) is 0. The van der Waals surface area contributed by atoms with Crippen LogP contribution in [0.4, 0.5) is 9.80 Å². The average Bonchev–Trinajstić information content (AvgIpc) is 2.60. The summed E-state index contributed by atoms with van der Waals surface area (Å²) in [6.45, 7) is 6.95. The molecule has 5 N–H and O–H groups in total. The van der Waals surface area contributed by atoms with Crippen molar-refractivity contribution < 1.29 is 19.5 Å². The van der Waals surface area contributed by atoms with Crippen molar-refractivity contribution in [2.24, 2.45) is 11.7 Å². The van der Waals surface area contributed by atoms with Crippen molar-refractivity contribution >= 4 is 34.2 Å². The van der Waals surface area contributed by atoms with E-state index in [2.05, 4.69) is 10.6 Å². The lowest BCUT2D eigenvalue weighted by Crippen LogP contribution is -2.49. The van der Waals surface area contributed by atoms with Crippen molar-refractivity contribution in [3.63, 3.8) is 0 Å². The molecule has 1 unspecified atom stereocenters. The molecule has 0 aliphatic carbocycles. The van der Waals surface area contributed by atoms with E-state index in [9.17, 15) is 19.5 Å². The largest absolute Gasteiger partial charge is 0.478 e. The summed E-state index contributed by atoms with van der Waals surface area (Å²) in [5, 5.41) is 14.4. The zero-order valence-electron chi connectivity index (χ0n) is 12.3. The van der Waals surface area contributed by atoms with Crippen LogP contribution in [0.25, 0.3) is 0 Å². The number of nitrogens with one attached hydrogen (secondary N) is 2. The van der Waals surface area contributed by atoms with Crippen LogP contribution in [-0.2, 0) is 4.79 Å². The predicted octanol–water partition coefficient (Wildman–Crippen LogP) is 1.69. The number of carboxylic acid groups (broad SMARTS) is 1. The van der Waals surface area contributed by atoms with Crippen LogP contribution in [0.5, 0.6) is 0 Å². The van der Waals surface area contributed by atoms with Crippen molar-refractivity contribution in [3.05, 3.63) is 16.0 Å². The van der Waals surface area contributed by atoms with Crippen LogP contribution < -0.4 is 16.4 Å². The summed E-state index contributed by atoms with van der Waals surface area (Å²) in [7, 11) is 0. The second-order valence-corrected chi connectivity index (χ2v) is 6.24. The molecule has 0 spiro atoms. The summed E-state index contributed by atoms with van der Waals surface area (Å²) < 4.78 is 0. The average molecular weight is 313 g/mol. The number of carboxylic acids is 1. The Kier molecular flexibility index (Phi) is 5.31. The van der Waals surface area contributed by atoms with Gasteiger partial charge in [0, 0.05) is 4.88 Å². The quantitative estimate of drug-likeness (QED) is 0.660. The third-order valence-corrected chi connectivity index (χ3v) is 4.21. The van der Waals surface area contributed by atoms with E-state index in [1.165, 1.54) is 11.3 Å². The predicted molar refractivity (Wildman–Crippen MR) is 80.7 cm³/mol. The minimum absolute atomic E-state index is 0.0628. The summed E-state index contributed by atoms with van der Waals surface area (Å²) in [5.74, 6) is -1.92. The van der Waals surface area contributed by atoms with Crippen LogP contribution in [-0.4, -0.2) is 29.1 Å². The van der Waals surface area contributed by atoms with Gasteiger partial charge in [-0.25, -0.2) is 9.59 Å². The molecule has 0 aliphatic heterocycles. The first-order chi connectivity index (χ1) is 9.65. The number of hydrogen-bond acceptors (Lipinski definition) is 4. The van der Waals surface area contributed by atoms with Gasteiger partial charge in [0.25, 0.3) is 0 Å². The molecule has 21 heavy (non-hydrogen) atoms. The SMILES string of the molecule is Cc1sc(NC(=O)NC(C(N)=O)C(C)C)c(C(=O)O)c1C. The molecule has 8 heteroatoms. The molecule has 1 rings (SSSR count). The second-order valence-electron chi connectivity index (χ2n) is 5.02. The van der Waals surface area contributed by atoms with Crippen molar-refractivity contribution in [3.8, 4) is 0 Å². The molecule has 0 aliphatic rings. The van der Waals surface area contributed by atoms with Crippen molar-refractivity contribution in [2.45, 2.75) is 33.7 Å². The highest BCUT2D eigenvalue weighted by molar-refractivity contribution is 7.16. The number of primary amides is 1. The van der Waals surface area contributed by atoms with Crippen LogP contribution >= 0.6 is 11.3 Å². The zero-order chi connectivity index (χ0) is 16.3. The van der Waals surface area contributed by atoms with Crippen molar-refractivity contribution in [1.82, 2.24) is 5.32 Å². The van der Waals surface area contributed by atoms with E-state index in [0.717, 1.165) is 4.88 Å². The molecule has 0 saturated carbocycles. The molecule has 0 fully saturated rings. The first kappa shape index (κ1) is 17.0. The Bertz CT molecular complexity index is 580. The van der Waals surface area contributed by atoms with Gasteiger partial charge in [-0.05, 0) is 25.3 Å². The first-order valence-electron chi connectivity index (χ1n) is 6.35. The van der Waals surface area contributed by atoms with Gasteiger partial charge < -0.3 is 16.2 Å². The van der Waals surface area contributed by atoms with Crippen LogP contribution in [0.1, 0.15) is 34.6 Å². The fraction of sp³-hybridized carbons (Fsp3) is 0.462. The standard InChI is InChI=1S/C13H19N3O4S/c1-5(2)9(10(14)17)15-13(20)16-11-8(12(18)19)6(3)7(4)21-11/h5,9H,1-4H3,(H2,14,17)(H,18,19)(H2,15,16,20). The molecule has 1 aromatic rings. The Labute approximate surface area is 126 Å². The van der Waals surface area contributed by atoms with E-state index < -0.39 is 23.9 Å². The summed E-state index contributed by atoms with van der Waals surface area (Å²) >= 11 is 1.17. The maximum atomic E-state index is 11.9. The van der Waals surface area contributed by atoms with E-state index in [-0.39, 0.29) is 16.5 Å². The van der Waals surface area contributed by atoms with E-state index in [1.54, 1.807) is 27.7 Å². The van der Waals surface area contributed by atoms with Gasteiger partial charge in [0.1, 0.15) is 11.0 Å². The molecular weight excluding hydrogens is 294 g/mol. The zero-order valence-corrected chi connectivity index (χ0v) is 13.1. The van der Waals surface area contributed by atoms with Gasteiger partial charge in [0.2, 0.25) is 5.91 Å². The Morgan fingerprint density at radius 2 is 1.81 bits per heavy atom. The first-order valence-corrected chi connectivity index (χ1v) is 7.16. The van der Waals surface area contributed by atoms with Crippen molar-refractivity contribution in [2.75, 3.05) is 5.32 Å². The van der Waals surface area contributed by atoms with E-state index in [1.807, 2.05) is 0 Å². The molecule has 0 bridgehead atoms. The number of amides is 3. The van der Waals surface area contributed by atoms with E-state index >= 15 is 0 Å². The van der Waals surface area contributed by atoms with Gasteiger partial charge in [-0.1, -0.05) is 13.8 Å². The number of urea groups is 1. The van der Waals surface area contributed by atoms with Gasteiger partial charge in [0.15, 0.2) is 0 Å². The minimum Gasteiger partial charge on any atom is -0.478 e. The van der Waals surface area contributed by atoms with Crippen LogP contribution in [0, 0.1) is 19.8 Å². The van der Waals surface area contributed by atoms with Crippen LogP contribution in [0.15, 0.2) is 0 Å². The molecule has 1 aromatic heterocycles. The van der Waals surface area contributed by atoms with E-state index in [0.29, 0.717) is 5.56 Å². The maximum absolute atomic E-state index is 11.9. The number of rotatable bonds is 5.